The lowest BCUT2D eigenvalue weighted by Gasteiger charge is -2.22. The maximum Gasteiger partial charge on any atom is 0.207 e. The van der Waals surface area contributed by atoms with Crippen molar-refractivity contribution in [3.8, 4) is 0 Å². The summed E-state index contributed by atoms with van der Waals surface area (Å²) in [5.74, 6) is 0. The molecule has 0 saturated heterocycles. The Kier molecular flexibility index (Phi) is 3.04. The van der Waals surface area contributed by atoms with Gasteiger partial charge in [0.2, 0.25) is 4.47 Å². The van der Waals surface area contributed by atoms with Crippen LogP contribution in [0.4, 0.5) is 0 Å². The minimum absolute atomic E-state index is 0.342. The van der Waals surface area contributed by atoms with Gasteiger partial charge in [0.1, 0.15) is 10.6 Å². The topological polar surface area (TPSA) is 35.0 Å². The third-order valence-corrected chi connectivity index (χ3v) is 3.24. The summed E-state index contributed by atoms with van der Waals surface area (Å²) in [6.07, 6.45) is 0.856. The van der Waals surface area contributed by atoms with Crippen LogP contribution in [-0.2, 0) is 10.3 Å². The Morgan fingerprint density at radius 2 is 2.25 bits per heavy atom. The predicted molar refractivity (Wildman–Crippen MR) is 49.6 cm³/mol. The Morgan fingerprint density at radius 1 is 1.58 bits per heavy atom. The van der Waals surface area contributed by atoms with Crippen molar-refractivity contribution in [1.29, 1.82) is 0 Å². The van der Waals surface area contributed by atoms with Crippen molar-refractivity contribution < 1.29 is 4.74 Å². The fraction of sp³-hybridized carbons (Fsp3) is 0.714. The molecule has 0 aliphatic heterocycles. The van der Waals surface area contributed by atoms with Gasteiger partial charge < -0.3 is 4.74 Å². The SMILES string of the molecule is CCC(C)(OC)c1nnc(Cl)s1. The second kappa shape index (κ2) is 3.68. The Balaban J connectivity index is 2.94. The van der Waals surface area contributed by atoms with Crippen molar-refractivity contribution in [2.24, 2.45) is 0 Å². The van der Waals surface area contributed by atoms with Gasteiger partial charge in [0.25, 0.3) is 0 Å². The Morgan fingerprint density at radius 3 is 2.58 bits per heavy atom. The van der Waals surface area contributed by atoms with Crippen molar-refractivity contribution >= 4 is 22.9 Å². The van der Waals surface area contributed by atoms with Crippen LogP contribution >= 0.6 is 22.9 Å². The monoisotopic (exact) mass is 206 g/mol. The first-order chi connectivity index (χ1) is 5.62. The molecule has 12 heavy (non-hydrogen) atoms. The molecule has 1 heterocycles. The van der Waals surface area contributed by atoms with E-state index in [2.05, 4.69) is 10.2 Å². The number of aromatic nitrogens is 2. The van der Waals surface area contributed by atoms with Crippen LogP contribution in [0.25, 0.3) is 0 Å². The van der Waals surface area contributed by atoms with Gasteiger partial charge in [-0.05, 0) is 24.9 Å². The van der Waals surface area contributed by atoms with E-state index in [4.69, 9.17) is 16.3 Å². The molecular formula is C7H11ClN2OS. The largest absolute Gasteiger partial charge is 0.371 e. The maximum absolute atomic E-state index is 5.67. The number of halogens is 1. The summed E-state index contributed by atoms with van der Waals surface area (Å²) < 4.78 is 5.80. The molecule has 0 saturated carbocycles. The van der Waals surface area contributed by atoms with Gasteiger partial charge in [-0.25, -0.2) is 0 Å². The third-order valence-electron chi connectivity index (χ3n) is 1.98. The zero-order valence-electron chi connectivity index (χ0n) is 7.30. The van der Waals surface area contributed by atoms with Gasteiger partial charge >= 0.3 is 0 Å². The van der Waals surface area contributed by atoms with Crippen molar-refractivity contribution in [2.75, 3.05) is 7.11 Å². The molecule has 0 aliphatic carbocycles. The number of hydrogen-bond donors (Lipinski definition) is 0. The van der Waals surface area contributed by atoms with Crippen LogP contribution in [0.15, 0.2) is 0 Å². The van der Waals surface area contributed by atoms with E-state index < -0.39 is 0 Å². The van der Waals surface area contributed by atoms with Gasteiger partial charge in [0.15, 0.2) is 0 Å². The first-order valence-corrected chi connectivity index (χ1v) is 4.86. The van der Waals surface area contributed by atoms with E-state index in [0.29, 0.717) is 4.47 Å². The van der Waals surface area contributed by atoms with Crippen molar-refractivity contribution in [1.82, 2.24) is 10.2 Å². The molecule has 0 fully saturated rings. The summed E-state index contributed by atoms with van der Waals surface area (Å²) in [5.41, 5.74) is -0.342. The molecule has 0 bridgehead atoms. The molecule has 1 aromatic heterocycles. The zero-order chi connectivity index (χ0) is 9.19. The van der Waals surface area contributed by atoms with E-state index >= 15 is 0 Å². The normalized spacial score (nSPS) is 16.0. The molecule has 1 rings (SSSR count). The maximum atomic E-state index is 5.67. The van der Waals surface area contributed by atoms with E-state index in [1.54, 1.807) is 7.11 Å². The minimum atomic E-state index is -0.342. The number of hydrogen-bond acceptors (Lipinski definition) is 4. The van der Waals surface area contributed by atoms with Crippen LogP contribution in [0.2, 0.25) is 4.47 Å². The van der Waals surface area contributed by atoms with Gasteiger partial charge in [-0.1, -0.05) is 18.3 Å². The first kappa shape index (κ1) is 9.89. The fourth-order valence-corrected chi connectivity index (χ4v) is 1.83. The number of nitrogens with zero attached hydrogens (tertiary/aromatic N) is 2. The van der Waals surface area contributed by atoms with Gasteiger partial charge in [-0.2, -0.15) is 0 Å². The molecule has 1 aromatic rings. The fourth-order valence-electron chi connectivity index (χ4n) is 0.802. The third kappa shape index (κ3) is 1.76. The molecule has 5 heteroatoms. The van der Waals surface area contributed by atoms with E-state index in [0.717, 1.165) is 11.4 Å². The van der Waals surface area contributed by atoms with Crippen LogP contribution in [0.3, 0.4) is 0 Å². The quantitative estimate of drug-likeness (QED) is 0.762. The molecule has 68 valence electrons. The Hall–Kier alpha value is -0.190. The van der Waals surface area contributed by atoms with Crippen LogP contribution < -0.4 is 0 Å². The summed E-state index contributed by atoms with van der Waals surface area (Å²) in [4.78, 5) is 0. The highest BCUT2D eigenvalue weighted by Crippen LogP contribution is 2.31. The zero-order valence-corrected chi connectivity index (χ0v) is 8.87. The highest BCUT2D eigenvalue weighted by molar-refractivity contribution is 7.15. The van der Waals surface area contributed by atoms with Gasteiger partial charge in [-0.15, -0.1) is 10.2 Å². The summed E-state index contributed by atoms with van der Waals surface area (Å²) in [6, 6.07) is 0. The lowest BCUT2D eigenvalue weighted by molar-refractivity contribution is -0.00207. The van der Waals surface area contributed by atoms with Crippen LogP contribution in [0.5, 0.6) is 0 Å². The molecule has 0 aliphatic rings. The lowest BCUT2D eigenvalue weighted by Crippen LogP contribution is -2.22. The molecule has 0 spiro atoms. The Bertz CT molecular complexity index is 260. The summed E-state index contributed by atoms with van der Waals surface area (Å²) in [6.45, 7) is 4.02. The summed E-state index contributed by atoms with van der Waals surface area (Å²) in [7, 11) is 1.67. The second-order valence-corrected chi connectivity index (χ2v) is 4.21. The highest BCUT2D eigenvalue weighted by atomic mass is 35.5. The summed E-state index contributed by atoms with van der Waals surface area (Å²) >= 11 is 7.03. The number of methoxy groups -OCH3 is 1. The van der Waals surface area contributed by atoms with E-state index in [1.165, 1.54) is 11.3 Å². The van der Waals surface area contributed by atoms with Crippen LogP contribution in [0, 0.1) is 0 Å². The lowest BCUT2D eigenvalue weighted by atomic mass is 10.1. The standard InChI is InChI=1S/C7H11ClN2OS/c1-4-7(2,11-3)5-9-10-6(8)12-5/h4H2,1-3H3. The molecule has 0 aromatic carbocycles. The predicted octanol–water partition coefficient (Wildman–Crippen LogP) is 2.46. The molecule has 1 unspecified atom stereocenters. The molecule has 0 amide bonds. The number of rotatable bonds is 3. The van der Waals surface area contributed by atoms with Crippen LogP contribution in [-0.4, -0.2) is 17.3 Å². The average Bonchev–Trinajstić information content (AvgIpc) is 2.51. The van der Waals surface area contributed by atoms with E-state index in [9.17, 15) is 0 Å². The Labute approximate surface area is 80.7 Å². The van der Waals surface area contributed by atoms with Gasteiger partial charge in [0.05, 0.1) is 0 Å². The first-order valence-electron chi connectivity index (χ1n) is 3.67. The van der Waals surface area contributed by atoms with Gasteiger partial charge in [-0.3, -0.25) is 0 Å². The van der Waals surface area contributed by atoms with Crippen molar-refractivity contribution in [3.05, 3.63) is 9.47 Å². The summed E-state index contributed by atoms with van der Waals surface area (Å²) in [5, 5.41) is 8.50. The van der Waals surface area contributed by atoms with E-state index in [-0.39, 0.29) is 5.60 Å². The highest BCUT2D eigenvalue weighted by Gasteiger charge is 2.28. The minimum Gasteiger partial charge on any atom is -0.371 e. The van der Waals surface area contributed by atoms with E-state index in [1.807, 2.05) is 13.8 Å². The van der Waals surface area contributed by atoms with Crippen LogP contribution in [0.1, 0.15) is 25.3 Å². The molecule has 1 atom stereocenters. The molecular weight excluding hydrogens is 196 g/mol. The van der Waals surface area contributed by atoms with Gasteiger partial charge in [0, 0.05) is 7.11 Å². The molecule has 3 nitrogen and oxygen atoms in total. The number of ether oxygens (including phenoxy) is 1. The van der Waals surface area contributed by atoms with Crippen molar-refractivity contribution in [3.63, 3.8) is 0 Å². The average molecular weight is 207 g/mol. The molecule has 0 N–H and O–H groups in total. The second-order valence-electron chi connectivity index (χ2n) is 2.65. The molecule has 0 radical (unpaired) electrons. The van der Waals surface area contributed by atoms with Crippen molar-refractivity contribution in [2.45, 2.75) is 25.9 Å². The smallest absolute Gasteiger partial charge is 0.207 e.